The van der Waals surface area contributed by atoms with Crippen LogP contribution in [0, 0.1) is 5.92 Å². The fourth-order valence-electron chi connectivity index (χ4n) is 4.99. The van der Waals surface area contributed by atoms with Crippen LogP contribution in [0.1, 0.15) is 12.8 Å². The van der Waals surface area contributed by atoms with Gasteiger partial charge in [-0.15, -0.1) is 0 Å². The summed E-state index contributed by atoms with van der Waals surface area (Å²) >= 11 is 12.7. The van der Waals surface area contributed by atoms with Crippen molar-refractivity contribution in [3.63, 3.8) is 0 Å². The predicted octanol–water partition coefficient (Wildman–Crippen LogP) is 0.338. The summed E-state index contributed by atoms with van der Waals surface area (Å²) in [5.41, 5.74) is 3.11. The minimum atomic E-state index is -0.670. The zero-order valence-electron chi connectivity index (χ0n) is 18.3. The summed E-state index contributed by atoms with van der Waals surface area (Å²) < 4.78 is 0.946. The zero-order valence-corrected chi connectivity index (χ0v) is 22.0. The van der Waals surface area contributed by atoms with E-state index in [0.717, 1.165) is 34.5 Å². The minimum absolute atomic E-state index is 0.00255. The van der Waals surface area contributed by atoms with Gasteiger partial charge in [-0.25, -0.2) is 0 Å². The first-order valence-corrected chi connectivity index (χ1v) is 15.3. The van der Waals surface area contributed by atoms with E-state index in [4.69, 9.17) is 29.0 Å². The Bertz CT molecular complexity index is 938. The zero-order chi connectivity index (χ0) is 22.8. The van der Waals surface area contributed by atoms with Crippen molar-refractivity contribution in [2.45, 2.75) is 41.8 Å². The Balaban J connectivity index is 1.73. The Morgan fingerprint density at radius 3 is 2.66 bits per heavy atom. The number of hydrogen-bond donors (Lipinski definition) is 2. The van der Waals surface area contributed by atoms with Crippen LogP contribution >= 0.6 is 23.2 Å². The number of hydrogen-bond acceptors (Lipinski definition) is 3. The van der Waals surface area contributed by atoms with E-state index in [9.17, 15) is 5.11 Å². The van der Waals surface area contributed by atoms with Crippen LogP contribution in [0.5, 0.6) is 0 Å². The van der Waals surface area contributed by atoms with Crippen LogP contribution in [-0.4, -0.2) is 66.3 Å². The molecule has 4 rings (SSSR count). The first kappa shape index (κ1) is 23.9. The number of alkyl halides is 4. The van der Waals surface area contributed by atoms with E-state index in [2.05, 4.69) is 44.1 Å². The number of allylic oxidation sites excluding steroid dienone is 5. The second kappa shape index (κ2) is 10.4. The van der Waals surface area contributed by atoms with E-state index >= 15 is 0 Å². The number of halogens is 3. The molecule has 5 nitrogen and oxygen atoms in total. The molecule has 0 radical (unpaired) electrons. The molecule has 0 amide bonds. The first-order valence-electron chi connectivity index (χ1n) is 10.8. The molecule has 0 aromatic heterocycles. The van der Waals surface area contributed by atoms with Gasteiger partial charge in [0.05, 0.1) is 0 Å². The van der Waals surface area contributed by atoms with Crippen molar-refractivity contribution in [2.24, 2.45) is 16.9 Å². The van der Waals surface area contributed by atoms with Crippen molar-refractivity contribution < 1.29 is 26.3 Å². The van der Waals surface area contributed by atoms with Gasteiger partial charge in [-0.2, -0.15) is 0 Å². The average molecular weight is 588 g/mol. The van der Waals surface area contributed by atoms with E-state index in [1.807, 2.05) is 37.4 Å². The third-order valence-corrected chi connectivity index (χ3v) is 8.54. The Hall–Kier alpha value is -1.22. The normalized spacial score (nSPS) is 34.3. The topological polar surface area (TPSA) is 65.1 Å². The number of nitrogens with two attached hydrogens (primary N) is 1. The fourth-order valence-corrected chi connectivity index (χ4v) is 6.87. The number of nitrogens with zero attached hydrogens (tertiary/aromatic N) is 3. The molecule has 6 atom stereocenters. The molecule has 4 aliphatic rings. The fraction of sp³-hybridized carbons (Fsp3) is 0.458. The molecule has 6 unspecified atom stereocenters. The summed E-state index contributed by atoms with van der Waals surface area (Å²) in [4.78, 5) is 6.78. The van der Waals surface area contributed by atoms with Gasteiger partial charge in [0.25, 0.3) is 0 Å². The van der Waals surface area contributed by atoms with Gasteiger partial charge in [0.1, 0.15) is 0 Å². The van der Waals surface area contributed by atoms with Gasteiger partial charge in [0.15, 0.2) is 0 Å². The monoisotopic (exact) mass is 587 g/mol. The van der Waals surface area contributed by atoms with Crippen LogP contribution in [0.15, 0.2) is 76.5 Å². The SMILES string of the molecule is C[I-]CN1/C(=N\N)N(C)C2C=CC(C(O)C3=CCC(Cl)C=C3)=CC2C1C1=CC=CC(Cl)C1. The maximum atomic E-state index is 11.2. The van der Waals surface area contributed by atoms with E-state index < -0.39 is 6.10 Å². The maximum absolute atomic E-state index is 11.2. The molecule has 1 aliphatic heterocycles. The third-order valence-electron chi connectivity index (χ3n) is 6.50. The second-order valence-corrected chi connectivity index (χ2v) is 11.8. The molecule has 32 heavy (non-hydrogen) atoms. The van der Waals surface area contributed by atoms with Gasteiger partial charge >= 0.3 is 212 Å². The molecule has 3 N–H and O–H groups in total. The summed E-state index contributed by atoms with van der Waals surface area (Å²) in [5.74, 6) is 6.85. The van der Waals surface area contributed by atoms with Crippen molar-refractivity contribution in [1.29, 1.82) is 0 Å². The number of fused-ring (bicyclic) bond motifs is 1. The van der Waals surface area contributed by atoms with Gasteiger partial charge < -0.3 is 0 Å². The van der Waals surface area contributed by atoms with Crippen molar-refractivity contribution in [1.82, 2.24) is 9.80 Å². The summed E-state index contributed by atoms with van der Waals surface area (Å²) in [6, 6.07) is 0.202. The summed E-state index contributed by atoms with van der Waals surface area (Å²) in [5, 5.41) is 15.3. The first-order chi connectivity index (χ1) is 15.4. The number of hydrazone groups is 1. The van der Waals surface area contributed by atoms with Crippen molar-refractivity contribution >= 4 is 29.2 Å². The average Bonchev–Trinajstić information content (AvgIpc) is 2.79. The molecule has 1 heterocycles. The summed E-state index contributed by atoms with van der Waals surface area (Å²) in [6.07, 6.45) is 19.5. The molecule has 174 valence electrons. The standard InChI is InChI=1S/C24H30Cl2IN4O/c1-27-14-31-22(16-4-3-5-19(26)12-16)20-13-17(8-11-21(20)30(2)24(31)29-28)23(32)15-6-9-18(25)10-7-15/h3-9,11,13,18-23,32H,10,12,14,28H2,1-2H3/q-1/b29-24-. The van der Waals surface area contributed by atoms with Crippen molar-refractivity contribution in [3.8, 4) is 0 Å². The van der Waals surface area contributed by atoms with Gasteiger partial charge in [0, 0.05) is 0 Å². The second-order valence-electron chi connectivity index (χ2n) is 8.50. The number of guanidine groups is 1. The van der Waals surface area contributed by atoms with E-state index in [1.54, 1.807) is 0 Å². The van der Waals surface area contributed by atoms with Gasteiger partial charge in [-0.05, 0) is 0 Å². The third kappa shape index (κ3) is 4.69. The molecular weight excluding hydrogens is 558 g/mol. The van der Waals surface area contributed by atoms with E-state index in [-0.39, 0.29) is 50.0 Å². The molecule has 0 bridgehead atoms. The Morgan fingerprint density at radius 1 is 1.22 bits per heavy atom. The van der Waals surface area contributed by atoms with Crippen LogP contribution in [0.2, 0.25) is 0 Å². The molecule has 0 aromatic rings. The Morgan fingerprint density at radius 2 is 2.00 bits per heavy atom. The Kier molecular flexibility index (Phi) is 7.75. The number of likely N-dealkylation sites (N-methyl/N-ethyl adjacent to an activating group) is 1. The Labute approximate surface area is 210 Å². The quantitative estimate of drug-likeness (QED) is 0.160. The molecule has 3 aliphatic carbocycles. The molecule has 0 aromatic carbocycles. The van der Waals surface area contributed by atoms with Crippen LogP contribution in [-0.2, 0) is 0 Å². The van der Waals surface area contributed by atoms with Gasteiger partial charge in [0.2, 0.25) is 0 Å². The summed E-state index contributed by atoms with van der Waals surface area (Å²) in [7, 11) is 2.05. The van der Waals surface area contributed by atoms with Crippen molar-refractivity contribution in [3.05, 3.63) is 71.4 Å². The summed E-state index contributed by atoms with van der Waals surface area (Å²) in [6.45, 7) is 0. The van der Waals surface area contributed by atoms with Crippen molar-refractivity contribution in [2.75, 3.05) is 16.5 Å². The number of rotatable bonds is 5. The van der Waals surface area contributed by atoms with Gasteiger partial charge in [-0.3, -0.25) is 0 Å². The van der Waals surface area contributed by atoms with E-state index in [0.29, 0.717) is 0 Å². The molecule has 8 heteroatoms. The molecule has 1 saturated heterocycles. The number of aliphatic hydroxyl groups is 1. The predicted molar refractivity (Wildman–Crippen MR) is 129 cm³/mol. The van der Waals surface area contributed by atoms with Crippen LogP contribution < -0.4 is 27.0 Å². The van der Waals surface area contributed by atoms with Crippen LogP contribution in [0.25, 0.3) is 0 Å². The number of aliphatic hydroxyl groups excluding tert-OH is 1. The molecule has 0 spiro atoms. The van der Waals surface area contributed by atoms with Crippen LogP contribution in [0.4, 0.5) is 0 Å². The van der Waals surface area contributed by atoms with Gasteiger partial charge in [-0.1, -0.05) is 0 Å². The van der Waals surface area contributed by atoms with E-state index in [1.165, 1.54) is 5.57 Å². The van der Waals surface area contributed by atoms with Crippen LogP contribution in [0.3, 0.4) is 0 Å². The molecule has 0 saturated carbocycles. The molecular formula is C24H30Cl2IN4O-. The molecule has 1 fully saturated rings.